The van der Waals surface area contributed by atoms with E-state index < -0.39 is 0 Å². The molecule has 0 radical (unpaired) electrons. The van der Waals surface area contributed by atoms with Gasteiger partial charge in [0.1, 0.15) is 11.9 Å². The Bertz CT molecular complexity index is 803. The predicted octanol–water partition coefficient (Wildman–Crippen LogP) is 2.98. The Labute approximate surface area is 164 Å². The number of hydrogen-bond donors (Lipinski definition) is 3. The summed E-state index contributed by atoms with van der Waals surface area (Å²) in [7, 11) is 1.61. The molecule has 2 amide bonds. The van der Waals surface area contributed by atoms with Crippen LogP contribution in [0.3, 0.4) is 0 Å². The Morgan fingerprint density at radius 3 is 2.75 bits per heavy atom. The van der Waals surface area contributed by atoms with E-state index in [9.17, 15) is 9.59 Å². The Hall–Kier alpha value is -3.03. The fourth-order valence-corrected chi connectivity index (χ4v) is 3.39. The average Bonchev–Trinajstić information content (AvgIpc) is 3.32. The van der Waals surface area contributed by atoms with Crippen LogP contribution in [0.15, 0.2) is 30.3 Å². The van der Waals surface area contributed by atoms with Crippen molar-refractivity contribution in [1.82, 2.24) is 15.5 Å². The monoisotopic (exact) mass is 386 g/mol. The van der Waals surface area contributed by atoms with Crippen LogP contribution in [-0.4, -0.2) is 42.0 Å². The number of ether oxygens (including phenoxy) is 2. The maximum Gasteiger partial charge on any atom is 0.407 e. The molecule has 2 aromatic rings. The first-order valence-electron chi connectivity index (χ1n) is 9.50. The zero-order valence-electron chi connectivity index (χ0n) is 16.2. The number of anilines is 1. The normalized spacial score (nSPS) is 18.5. The smallest absolute Gasteiger partial charge is 0.407 e. The molecule has 150 valence electrons. The van der Waals surface area contributed by atoms with Crippen molar-refractivity contribution in [3.8, 4) is 5.75 Å². The van der Waals surface area contributed by atoms with Crippen molar-refractivity contribution in [2.45, 2.75) is 44.6 Å². The summed E-state index contributed by atoms with van der Waals surface area (Å²) in [5.41, 5.74) is 1.84. The fourth-order valence-electron chi connectivity index (χ4n) is 3.39. The molecule has 0 spiro atoms. The lowest BCUT2D eigenvalue weighted by molar-refractivity contribution is -0.115. The van der Waals surface area contributed by atoms with Crippen LogP contribution in [0.25, 0.3) is 0 Å². The Morgan fingerprint density at radius 1 is 1.25 bits per heavy atom. The number of H-pyrrole nitrogens is 1. The lowest BCUT2D eigenvalue weighted by Crippen LogP contribution is -2.27. The van der Waals surface area contributed by atoms with E-state index >= 15 is 0 Å². The summed E-state index contributed by atoms with van der Waals surface area (Å²) in [6, 6.07) is 9.23. The fraction of sp³-hybridized carbons (Fsp3) is 0.450. The number of methoxy groups -OCH3 is 1. The number of alkyl carbamates (subject to hydrolysis) is 1. The van der Waals surface area contributed by atoms with Crippen molar-refractivity contribution in [3.05, 3.63) is 41.6 Å². The molecule has 0 saturated heterocycles. The number of aromatic amines is 1. The summed E-state index contributed by atoms with van der Waals surface area (Å²) >= 11 is 0. The zero-order valence-corrected chi connectivity index (χ0v) is 16.2. The molecule has 0 unspecified atom stereocenters. The van der Waals surface area contributed by atoms with E-state index in [4.69, 9.17) is 9.47 Å². The molecular weight excluding hydrogens is 360 g/mol. The summed E-state index contributed by atoms with van der Waals surface area (Å²) in [5.74, 6) is 1.36. The second kappa shape index (κ2) is 9.25. The Kier molecular flexibility index (Phi) is 6.52. The van der Waals surface area contributed by atoms with Gasteiger partial charge in [-0.25, -0.2) is 4.79 Å². The first-order valence-corrected chi connectivity index (χ1v) is 9.50. The van der Waals surface area contributed by atoms with Gasteiger partial charge in [-0.3, -0.25) is 9.89 Å². The molecule has 1 saturated carbocycles. The zero-order chi connectivity index (χ0) is 19.9. The summed E-state index contributed by atoms with van der Waals surface area (Å²) < 4.78 is 10.5. The topological polar surface area (TPSA) is 105 Å². The molecule has 1 fully saturated rings. The third kappa shape index (κ3) is 5.25. The molecule has 2 atom stereocenters. The van der Waals surface area contributed by atoms with E-state index in [1.54, 1.807) is 7.11 Å². The van der Waals surface area contributed by atoms with Crippen LogP contribution < -0.4 is 15.4 Å². The SMILES string of the molecule is CCNC(=O)O[C@@H]1CC[C@H](c2cc(NC(=O)Cc3ccc(OC)cc3)n[nH]2)C1. The van der Waals surface area contributed by atoms with Crippen LogP contribution >= 0.6 is 0 Å². The number of rotatable bonds is 7. The molecule has 1 aliphatic rings. The number of benzene rings is 1. The van der Waals surface area contributed by atoms with Gasteiger partial charge in [0.15, 0.2) is 5.82 Å². The minimum atomic E-state index is -0.371. The molecule has 1 aliphatic carbocycles. The minimum Gasteiger partial charge on any atom is -0.497 e. The highest BCUT2D eigenvalue weighted by molar-refractivity contribution is 5.91. The standard InChI is InChI=1S/C20H26N4O4/c1-3-21-20(26)28-16-9-6-14(11-16)17-12-18(24-23-17)22-19(25)10-13-4-7-15(27-2)8-5-13/h4-5,7-8,12,14,16H,3,6,9-11H2,1-2H3,(H,21,26)(H2,22,23,24,25)/t14-,16+/m0/s1. The molecule has 1 aromatic heterocycles. The van der Waals surface area contributed by atoms with Crippen LogP contribution in [0.4, 0.5) is 10.6 Å². The molecule has 1 heterocycles. The van der Waals surface area contributed by atoms with Crippen molar-refractivity contribution in [2.75, 3.05) is 19.0 Å². The third-order valence-corrected chi connectivity index (χ3v) is 4.81. The lowest BCUT2D eigenvalue weighted by Gasteiger charge is -2.12. The first kappa shape index (κ1) is 19.7. The van der Waals surface area contributed by atoms with E-state index in [1.807, 2.05) is 37.3 Å². The number of amides is 2. The molecular formula is C20H26N4O4. The van der Waals surface area contributed by atoms with Gasteiger partial charge in [-0.2, -0.15) is 5.10 Å². The van der Waals surface area contributed by atoms with E-state index in [2.05, 4.69) is 20.8 Å². The Morgan fingerprint density at radius 2 is 2.04 bits per heavy atom. The van der Waals surface area contributed by atoms with Gasteiger partial charge in [0.05, 0.1) is 13.5 Å². The molecule has 3 rings (SSSR count). The van der Waals surface area contributed by atoms with Crippen molar-refractivity contribution < 1.29 is 19.1 Å². The van der Waals surface area contributed by atoms with E-state index in [-0.39, 0.29) is 30.4 Å². The van der Waals surface area contributed by atoms with Crippen molar-refractivity contribution in [3.63, 3.8) is 0 Å². The van der Waals surface area contributed by atoms with E-state index in [0.717, 1.165) is 36.3 Å². The second-order valence-corrected chi connectivity index (χ2v) is 6.85. The van der Waals surface area contributed by atoms with Crippen LogP contribution in [0, 0.1) is 0 Å². The van der Waals surface area contributed by atoms with E-state index in [0.29, 0.717) is 12.4 Å². The lowest BCUT2D eigenvalue weighted by atomic mass is 10.0. The summed E-state index contributed by atoms with van der Waals surface area (Å²) in [6.07, 6.45) is 2.28. The van der Waals surface area contributed by atoms with Crippen LogP contribution in [0.1, 0.15) is 43.4 Å². The minimum absolute atomic E-state index is 0.0898. The van der Waals surface area contributed by atoms with Gasteiger partial charge in [0.25, 0.3) is 0 Å². The molecule has 28 heavy (non-hydrogen) atoms. The Balaban J connectivity index is 1.49. The van der Waals surface area contributed by atoms with Gasteiger partial charge in [-0.05, 0) is 43.9 Å². The number of aromatic nitrogens is 2. The number of nitrogens with one attached hydrogen (secondary N) is 3. The molecule has 1 aromatic carbocycles. The van der Waals surface area contributed by atoms with E-state index in [1.165, 1.54) is 0 Å². The second-order valence-electron chi connectivity index (χ2n) is 6.85. The maximum absolute atomic E-state index is 12.2. The largest absolute Gasteiger partial charge is 0.497 e. The average molecular weight is 386 g/mol. The van der Waals surface area contributed by atoms with Gasteiger partial charge in [-0.15, -0.1) is 0 Å². The van der Waals surface area contributed by atoms with Gasteiger partial charge < -0.3 is 20.1 Å². The number of carbonyl (C=O) groups excluding carboxylic acids is 2. The van der Waals surface area contributed by atoms with Gasteiger partial charge >= 0.3 is 6.09 Å². The van der Waals surface area contributed by atoms with Gasteiger partial charge in [0, 0.05) is 24.2 Å². The summed E-state index contributed by atoms with van der Waals surface area (Å²) in [5, 5.41) is 12.6. The van der Waals surface area contributed by atoms with Crippen LogP contribution in [-0.2, 0) is 16.0 Å². The highest BCUT2D eigenvalue weighted by Gasteiger charge is 2.29. The van der Waals surface area contributed by atoms with Crippen LogP contribution in [0.2, 0.25) is 0 Å². The quantitative estimate of drug-likeness (QED) is 0.678. The van der Waals surface area contributed by atoms with Gasteiger partial charge in [-0.1, -0.05) is 12.1 Å². The summed E-state index contributed by atoms with van der Waals surface area (Å²) in [6.45, 7) is 2.41. The summed E-state index contributed by atoms with van der Waals surface area (Å²) in [4.78, 5) is 23.8. The van der Waals surface area contributed by atoms with Crippen molar-refractivity contribution >= 4 is 17.8 Å². The number of hydrogen-bond acceptors (Lipinski definition) is 5. The molecule has 3 N–H and O–H groups in total. The predicted molar refractivity (Wildman–Crippen MR) is 104 cm³/mol. The van der Waals surface area contributed by atoms with Crippen molar-refractivity contribution in [2.24, 2.45) is 0 Å². The molecule has 0 bridgehead atoms. The van der Waals surface area contributed by atoms with Crippen molar-refractivity contribution in [1.29, 1.82) is 0 Å². The maximum atomic E-state index is 12.2. The molecule has 0 aliphatic heterocycles. The highest BCUT2D eigenvalue weighted by Crippen LogP contribution is 2.35. The number of nitrogens with zero attached hydrogens (tertiary/aromatic N) is 1. The highest BCUT2D eigenvalue weighted by atomic mass is 16.6. The third-order valence-electron chi connectivity index (χ3n) is 4.81. The molecule has 8 nitrogen and oxygen atoms in total. The molecule has 8 heteroatoms. The van der Waals surface area contributed by atoms with Gasteiger partial charge in [0.2, 0.25) is 5.91 Å². The number of carbonyl (C=O) groups is 2. The first-order chi connectivity index (χ1) is 13.6. The van der Waals surface area contributed by atoms with Crippen LogP contribution in [0.5, 0.6) is 5.75 Å².